The van der Waals surface area contributed by atoms with Crippen molar-refractivity contribution in [3.63, 3.8) is 0 Å². The van der Waals surface area contributed by atoms with Crippen LogP contribution in [-0.4, -0.2) is 54.7 Å². The number of Topliss-reactive ketones (excluding diaryl/α,β-unsaturated/α-hetero) is 1. The summed E-state index contributed by atoms with van der Waals surface area (Å²) in [6.07, 6.45) is 2.04. The highest BCUT2D eigenvalue weighted by Crippen LogP contribution is 2.28. The lowest BCUT2D eigenvalue weighted by Crippen LogP contribution is -2.42. The molecule has 1 aromatic carbocycles. The molecule has 2 aliphatic heterocycles. The van der Waals surface area contributed by atoms with Crippen molar-refractivity contribution in [2.45, 2.75) is 19.8 Å². The molecule has 1 aromatic rings. The van der Waals surface area contributed by atoms with Crippen LogP contribution in [0.4, 0.5) is 5.69 Å². The second-order valence-electron chi connectivity index (χ2n) is 6.49. The van der Waals surface area contributed by atoms with Gasteiger partial charge in [0.05, 0.1) is 11.3 Å². The number of ether oxygens (including phenoxy) is 1. The molecule has 1 atom stereocenters. The Bertz CT molecular complexity index is 730. The fourth-order valence-corrected chi connectivity index (χ4v) is 3.23. The van der Waals surface area contributed by atoms with Gasteiger partial charge in [-0.05, 0) is 30.9 Å². The molecule has 0 N–H and O–H groups in total. The van der Waals surface area contributed by atoms with Crippen LogP contribution in [0.5, 0.6) is 0 Å². The molecule has 1 fully saturated rings. The van der Waals surface area contributed by atoms with E-state index in [-0.39, 0.29) is 24.6 Å². The number of fused-ring (bicyclic) bond motifs is 1. The van der Waals surface area contributed by atoms with Crippen LogP contribution in [0, 0.1) is 5.92 Å². The zero-order chi connectivity index (χ0) is 18.0. The van der Waals surface area contributed by atoms with E-state index in [1.165, 1.54) is 0 Å². The Balaban J connectivity index is 1.55. The number of piperidine rings is 1. The van der Waals surface area contributed by atoms with Gasteiger partial charge in [-0.2, -0.15) is 0 Å². The number of benzene rings is 1. The normalized spacial score (nSPS) is 19.8. The summed E-state index contributed by atoms with van der Waals surface area (Å²) >= 11 is 0. The lowest BCUT2D eigenvalue weighted by atomic mass is 10.0. The van der Waals surface area contributed by atoms with E-state index >= 15 is 0 Å². The standard InChI is InChI=1S/C18H20N2O5/c1-12-5-4-8-19(9-12)15(21)11-25-16(22)10-20-14-7-3-2-6-13(14)17(23)18(20)24/h2-3,6-7,12H,4-5,8-11H2,1H3/t12-/m0/s1. The molecule has 1 saturated heterocycles. The molecular weight excluding hydrogens is 324 g/mol. The number of anilines is 1. The summed E-state index contributed by atoms with van der Waals surface area (Å²) in [6, 6.07) is 6.49. The molecule has 3 rings (SSSR count). The summed E-state index contributed by atoms with van der Waals surface area (Å²) in [7, 11) is 0. The van der Waals surface area contributed by atoms with Crippen molar-refractivity contribution in [1.82, 2.24) is 4.90 Å². The first-order chi connectivity index (χ1) is 12.0. The van der Waals surface area contributed by atoms with Crippen LogP contribution in [0.15, 0.2) is 24.3 Å². The molecule has 7 nitrogen and oxygen atoms in total. The van der Waals surface area contributed by atoms with Crippen molar-refractivity contribution in [2.75, 3.05) is 31.1 Å². The lowest BCUT2D eigenvalue weighted by Gasteiger charge is -2.30. The van der Waals surface area contributed by atoms with Crippen molar-refractivity contribution in [1.29, 1.82) is 0 Å². The van der Waals surface area contributed by atoms with E-state index in [1.807, 2.05) is 0 Å². The number of hydrogen-bond acceptors (Lipinski definition) is 5. The quantitative estimate of drug-likeness (QED) is 0.601. The van der Waals surface area contributed by atoms with Crippen molar-refractivity contribution >= 4 is 29.3 Å². The molecular formula is C18H20N2O5. The van der Waals surface area contributed by atoms with Gasteiger partial charge in [0.2, 0.25) is 0 Å². The van der Waals surface area contributed by atoms with Crippen LogP contribution in [0.3, 0.4) is 0 Å². The molecule has 25 heavy (non-hydrogen) atoms. The molecule has 2 heterocycles. The average Bonchev–Trinajstić information content (AvgIpc) is 2.85. The number of rotatable bonds is 4. The van der Waals surface area contributed by atoms with E-state index in [2.05, 4.69) is 6.92 Å². The van der Waals surface area contributed by atoms with E-state index in [4.69, 9.17) is 4.74 Å². The van der Waals surface area contributed by atoms with Gasteiger partial charge in [-0.1, -0.05) is 19.1 Å². The maximum Gasteiger partial charge on any atom is 0.326 e. The molecule has 2 aliphatic rings. The third kappa shape index (κ3) is 3.55. The molecule has 0 saturated carbocycles. The molecule has 7 heteroatoms. The number of ketones is 1. The first kappa shape index (κ1) is 17.1. The summed E-state index contributed by atoms with van der Waals surface area (Å²) in [5.74, 6) is -1.89. The van der Waals surface area contributed by atoms with Gasteiger partial charge in [0.1, 0.15) is 6.54 Å². The van der Waals surface area contributed by atoms with Crippen molar-refractivity contribution in [3.8, 4) is 0 Å². The van der Waals surface area contributed by atoms with E-state index < -0.39 is 17.7 Å². The van der Waals surface area contributed by atoms with E-state index in [9.17, 15) is 19.2 Å². The second kappa shape index (κ2) is 7.04. The topological polar surface area (TPSA) is 84.0 Å². The summed E-state index contributed by atoms with van der Waals surface area (Å²) in [5, 5.41) is 0. The van der Waals surface area contributed by atoms with Crippen molar-refractivity contribution in [2.24, 2.45) is 5.92 Å². The van der Waals surface area contributed by atoms with Gasteiger partial charge in [-0.25, -0.2) is 0 Å². The zero-order valence-corrected chi connectivity index (χ0v) is 14.1. The fourth-order valence-electron chi connectivity index (χ4n) is 3.23. The Labute approximate surface area is 145 Å². The first-order valence-electron chi connectivity index (χ1n) is 8.36. The summed E-state index contributed by atoms with van der Waals surface area (Å²) in [5.41, 5.74) is 0.671. The molecule has 0 aliphatic carbocycles. The minimum absolute atomic E-state index is 0.232. The minimum Gasteiger partial charge on any atom is -0.454 e. The Kier molecular flexibility index (Phi) is 4.83. The second-order valence-corrected chi connectivity index (χ2v) is 6.49. The molecule has 0 aromatic heterocycles. The number of likely N-dealkylation sites (tertiary alicyclic amines) is 1. The number of esters is 1. The largest absolute Gasteiger partial charge is 0.454 e. The molecule has 132 valence electrons. The number of hydrogen-bond donors (Lipinski definition) is 0. The number of carbonyl (C=O) groups excluding carboxylic acids is 4. The van der Waals surface area contributed by atoms with Gasteiger partial charge < -0.3 is 9.64 Å². The van der Waals surface area contributed by atoms with Crippen molar-refractivity contribution in [3.05, 3.63) is 29.8 Å². The first-order valence-corrected chi connectivity index (χ1v) is 8.36. The van der Waals surface area contributed by atoms with Crippen LogP contribution in [-0.2, 0) is 19.1 Å². The van der Waals surface area contributed by atoms with Gasteiger partial charge in [-0.3, -0.25) is 24.1 Å². The minimum atomic E-state index is -0.755. The smallest absolute Gasteiger partial charge is 0.326 e. The molecule has 0 bridgehead atoms. The van der Waals surface area contributed by atoms with Crippen LogP contribution in [0.2, 0.25) is 0 Å². The lowest BCUT2D eigenvalue weighted by molar-refractivity contribution is -0.151. The number of amides is 2. The van der Waals surface area contributed by atoms with E-state index in [1.54, 1.807) is 29.2 Å². The van der Waals surface area contributed by atoms with Gasteiger partial charge in [0.25, 0.3) is 17.6 Å². The maximum absolute atomic E-state index is 12.1. The Morgan fingerprint density at radius 3 is 2.76 bits per heavy atom. The molecule has 0 radical (unpaired) electrons. The summed E-state index contributed by atoms with van der Waals surface area (Å²) in [4.78, 5) is 50.8. The third-order valence-corrected chi connectivity index (χ3v) is 4.53. The van der Waals surface area contributed by atoms with Crippen LogP contribution >= 0.6 is 0 Å². The van der Waals surface area contributed by atoms with Gasteiger partial charge in [-0.15, -0.1) is 0 Å². The molecule has 0 spiro atoms. The summed E-state index contributed by atoms with van der Waals surface area (Å²) in [6.45, 7) is 2.70. The maximum atomic E-state index is 12.1. The monoisotopic (exact) mass is 344 g/mol. The zero-order valence-electron chi connectivity index (χ0n) is 14.1. The Morgan fingerprint density at radius 2 is 2.00 bits per heavy atom. The van der Waals surface area contributed by atoms with Crippen LogP contribution in [0.25, 0.3) is 0 Å². The third-order valence-electron chi connectivity index (χ3n) is 4.53. The van der Waals surface area contributed by atoms with Crippen LogP contribution < -0.4 is 4.90 Å². The Hall–Kier alpha value is -2.70. The van der Waals surface area contributed by atoms with Gasteiger partial charge >= 0.3 is 5.97 Å². The predicted octanol–water partition coefficient (Wildman–Crippen LogP) is 1.02. The van der Waals surface area contributed by atoms with Gasteiger partial charge in [0.15, 0.2) is 6.61 Å². The average molecular weight is 344 g/mol. The summed E-state index contributed by atoms with van der Waals surface area (Å²) < 4.78 is 5.02. The van der Waals surface area contributed by atoms with Crippen LogP contribution in [0.1, 0.15) is 30.1 Å². The number of carbonyl (C=O) groups is 4. The number of para-hydroxylation sites is 1. The highest BCUT2D eigenvalue weighted by molar-refractivity contribution is 6.52. The van der Waals surface area contributed by atoms with Crippen molar-refractivity contribution < 1.29 is 23.9 Å². The van der Waals surface area contributed by atoms with Gasteiger partial charge in [0, 0.05) is 13.1 Å². The van der Waals surface area contributed by atoms with E-state index in [0.29, 0.717) is 24.7 Å². The van der Waals surface area contributed by atoms with E-state index in [0.717, 1.165) is 17.7 Å². The SMILES string of the molecule is C[C@H]1CCCN(C(=O)COC(=O)CN2C(=O)C(=O)c3ccccc32)C1. The fraction of sp³-hybridized carbons (Fsp3) is 0.444. The highest BCUT2D eigenvalue weighted by atomic mass is 16.5. The molecule has 0 unspecified atom stereocenters. The predicted molar refractivity (Wildman–Crippen MR) is 89.1 cm³/mol. The molecule has 2 amide bonds. The Morgan fingerprint density at radius 1 is 1.24 bits per heavy atom. The number of nitrogens with zero attached hydrogens (tertiary/aromatic N) is 2. The highest BCUT2D eigenvalue weighted by Gasteiger charge is 2.36.